The van der Waals surface area contributed by atoms with E-state index < -0.39 is 0 Å². The fourth-order valence-corrected chi connectivity index (χ4v) is 4.04. The minimum absolute atomic E-state index is 0.00613. The van der Waals surface area contributed by atoms with Crippen molar-refractivity contribution in [2.75, 3.05) is 14.2 Å². The van der Waals surface area contributed by atoms with Gasteiger partial charge in [0.15, 0.2) is 4.80 Å². The molecule has 0 atom stereocenters. The van der Waals surface area contributed by atoms with E-state index in [0.717, 1.165) is 21.5 Å². The summed E-state index contributed by atoms with van der Waals surface area (Å²) in [5, 5.41) is 0. The molecule has 1 aromatic heterocycles. The number of fused-ring (bicyclic) bond motifs is 1. The second-order valence-electron chi connectivity index (χ2n) is 6.96. The summed E-state index contributed by atoms with van der Waals surface area (Å²) in [6.07, 6.45) is 0.174. The number of benzene rings is 2. The SMILES string of the molecule is COC(=O)Cn1c(=NC(=O)Cc2ccc(OC)cc2)sc2cc(C(C)C)ccc21. The van der Waals surface area contributed by atoms with Gasteiger partial charge >= 0.3 is 5.97 Å². The summed E-state index contributed by atoms with van der Waals surface area (Å²) in [6, 6.07) is 13.4. The molecule has 0 saturated carbocycles. The molecule has 3 aromatic rings. The van der Waals surface area contributed by atoms with E-state index in [1.54, 1.807) is 11.7 Å². The molecule has 0 fully saturated rings. The first kappa shape index (κ1) is 20.8. The molecule has 0 saturated heterocycles. The predicted octanol–water partition coefficient (Wildman–Crippen LogP) is 3.68. The van der Waals surface area contributed by atoms with E-state index in [2.05, 4.69) is 24.9 Å². The number of amides is 1. The number of hydrogen-bond acceptors (Lipinski definition) is 5. The highest BCUT2D eigenvalue weighted by Crippen LogP contribution is 2.23. The number of carbonyl (C=O) groups is 2. The summed E-state index contributed by atoms with van der Waals surface area (Å²) < 4.78 is 12.7. The fourth-order valence-electron chi connectivity index (χ4n) is 2.94. The Morgan fingerprint density at radius 2 is 1.83 bits per heavy atom. The van der Waals surface area contributed by atoms with Crippen molar-refractivity contribution in [1.29, 1.82) is 0 Å². The maximum atomic E-state index is 12.6. The van der Waals surface area contributed by atoms with Gasteiger partial charge in [-0.1, -0.05) is 43.4 Å². The molecule has 7 heteroatoms. The number of carbonyl (C=O) groups excluding carboxylic acids is 2. The summed E-state index contributed by atoms with van der Waals surface area (Å²) in [5.41, 5.74) is 2.91. The summed E-state index contributed by atoms with van der Waals surface area (Å²) in [6.45, 7) is 4.26. The largest absolute Gasteiger partial charge is 0.497 e. The van der Waals surface area contributed by atoms with E-state index in [1.807, 2.05) is 36.4 Å². The van der Waals surface area contributed by atoms with Crippen molar-refractivity contribution in [3.05, 3.63) is 58.4 Å². The summed E-state index contributed by atoms with van der Waals surface area (Å²) in [7, 11) is 2.95. The van der Waals surface area contributed by atoms with Gasteiger partial charge in [-0.25, -0.2) is 0 Å². The van der Waals surface area contributed by atoms with Crippen molar-refractivity contribution in [3.8, 4) is 5.75 Å². The zero-order chi connectivity index (χ0) is 21.0. The number of nitrogens with zero attached hydrogens (tertiary/aromatic N) is 2. The molecular formula is C22H24N2O4S. The lowest BCUT2D eigenvalue weighted by Crippen LogP contribution is -2.22. The molecule has 1 heterocycles. The third kappa shape index (κ3) is 4.92. The molecule has 0 unspecified atom stereocenters. The molecule has 0 aliphatic heterocycles. The van der Waals surface area contributed by atoms with Gasteiger partial charge in [-0.3, -0.25) is 9.59 Å². The maximum Gasteiger partial charge on any atom is 0.325 e. The van der Waals surface area contributed by atoms with Gasteiger partial charge < -0.3 is 14.0 Å². The third-order valence-corrected chi connectivity index (χ3v) is 5.66. The maximum absolute atomic E-state index is 12.6. The molecule has 2 aromatic carbocycles. The first-order valence-corrected chi connectivity index (χ1v) is 10.1. The first-order valence-electron chi connectivity index (χ1n) is 9.32. The summed E-state index contributed by atoms with van der Waals surface area (Å²) in [4.78, 5) is 29.3. The van der Waals surface area contributed by atoms with Crippen LogP contribution in [-0.4, -0.2) is 30.7 Å². The minimum atomic E-state index is -0.387. The average Bonchev–Trinajstić information content (AvgIpc) is 3.04. The standard InChI is InChI=1S/C22H24N2O4S/c1-14(2)16-7-10-18-19(12-16)29-22(24(18)13-21(26)28-4)23-20(25)11-15-5-8-17(27-3)9-6-15/h5-10,12,14H,11,13H2,1-4H3. The molecule has 0 aliphatic carbocycles. The van der Waals surface area contributed by atoms with Gasteiger partial charge in [-0.2, -0.15) is 4.99 Å². The molecule has 0 bridgehead atoms. The highest BCUT2D eigenvalue weighted by molar-refractivity contribution is 7.16. The number of methoxy groups -OCH3 is 2. The van der Waals surface area contributed by atoms with E-state index >= 15 is 0 Å². The minimum Gasteiger partial charge on any atom is -0.497 e. The normalized spacial score (nSPS) is 11.8. The smallest absolute Gasteiger partial charge is 0.325 e. The van der Waals surface area contributed by atoms with Crippen molar-refractivity contribution < 1.29 is 19.1 Å². The molecule has 0 spiro atoms. The molecule has 0 radical (unpaired) electrons. The first-order chi connectivity index (χ1) is 13.9. The Balaban J connectivity index is 1.99. The zero-order valence-corrected chi connectivity index (χ0v) is 17.8. The van der Waals surface area contributed by atoms with Crippen molar-refractivity contribution in [1.82, 2.24) is 4.57 Å². The van der Waals surface area contributed by atoms with Gasteiger partial charge in [-0.15, -0.1) is 0 Å². The number of hydrogen-bond donors (Lipinski definition) is 0. The van der Waals surface area contributed by atoms with Crippen molar-refractivity contribution >= 4 is 33.4 Å². The second-order valence-corrected chi connectivity index (χ2v) is 7.97. The van der Waals surface area contributed by atoms with Crippen LogP contribution in [0.5, 0.6) is 5.75 Å². The number of aromatic nitrogens is 1. The van der Waals surface area contributed by atoms with Crippen LogP contribution in [0.1, 0.15) is 30.9 Å². The molecule has 0 aliphatic rings. The Bertz CT molecular complexity index is 1090. The fraction of sp³-hybridized carbons (Fsp3) is 0.318. The van der Waals surface area contributed by atoms with Crippen LogP contribution in [0.3, 0.4) is 0 Å². The van der Waals surface area contributed by atoms with Crippen molar-refractivity contribution in [3.63, 3.8) is 0 Å². The molecular weight excluding hydrogens is 388 g/mol. The zero-order valence-electron chi connectivity index (χ0n) is 17.0. The van der Waals surface area contributed by atoms with E-state index in [1.165, 1.54) is 24.0 Å². The van der Waals surface area contributed by atoms with Crippen molar-refractivity contribution in [2.45, 2.75) is 32.7 Å². The van der Waals surface area contributed by atoms with Crippen LogP contribution in [0.15, 0.2) is 47.5 Å². The predicted molar refractivity (Wildman–Crippen MR) is 113 cm³/mol. The van der Waals surface area contributed by atoms with Crippen LogP contribution < -0.4 is 9.54 Å². The van der Waals surface area contributed by atoms with Crippen LogP contribution in [0.4, 0.5) is 0 Å². The van der Waals surface area contributed by atoms with Gasteiger partial charge in [0.2, 0.25) is 0 Å². The molecule has 152 valence electrons. The Morgan fingerprint density at radius 3 is 2.45 bits per heavy atom. The Kier molecular flexibility index (Phi) is 6.49. The quantitative estimate of drug-likeness (QED) is 0.579. The molecule has 0 N–H and O–H groups in total. The van der Waals surface area contributed by atoms with Gasteiger partial charge in [0.1, 0.15) is 12.3 Å². The molecule has 29 heavy (non-hydrogen) atoms. The van der Waals surface area contributed by atoms with Crippen LogP contribution in [0, 0.1) is 0 Å². The molecule has 1 amide bonds. The van der Waals surface area contributed by atoms with Gasteiger partial charge in [0.05, 0.1) is 30.9 Å². The van der Waals surface area contributed by atoms with Crippen LogP contribution >= 0.6 is 11.3 Å². The van der Waals surface area contributed by atoms with Crippen LogP contribution in [-0.2, 0) is 27.3 Å². The lowest BCUT2D eigenvalue weighted by molar-refractivity contribution is -0.141. The highest BCUT2D eigenvalue weighted by atomic mass is 32.1. The van der Waals surface area contributed by atoms with Gasteiger partial charge in [0, 0.05) is 0 Å². The Morgan fingerprint density at radius 1 is 1.10 bits per heavy atom. The number of thiazole rings is 1. The van der Waals surface area contributed by atoms with E-state index in [-0.39, 0.29) is 24.8 Å². The van der Waals surface area contributed by atoms with Crippen LogP contribution in [0.25, 0.3) is 10.2 Å². The number of rotatable bonds is 6. The van der Waals surface area contributed by atoms with E-state index in [4.69, 9.17) is 9.47 Å². The Labute approximate surface area is 173 Å². The van der Waals surface area contributed by atoms with Gasteiger partial charge in [0.25, 0.3) is 5.91 Å². The lowest BCUT2D eigenvalue weighted by Gasteiger charge is -2.06. The average molecular weight is 413 g/mol. The van der Waals surface area contributed by atoms with E-state index in [9.17, 15) is 9.59 Å². The van der Waals surface area contributed by atoms with Gasteiger partial charge in [-0.05, 0) is 41.3 Å². The highest BCUT2D eigenvalue weighted by Gasteiger charge is 2.13. The topological polar surface area (TPSA) is 69.9 Å². The van der Waals surface area contributed by atoms with E-state index in [0.29, 0.717) is 10.7 Å². The molecule has 3 rings (SSSR count). The molecule has 6 nitrogen and oxygen atoms in total. The summed E-state index contributed by atoms with van der Waals surface area (Å²) >= 11 is 1.40. The number of ether oxygens (including phenoxy) is 2. The lowest BCUT2D eigenvalue weighted by atomic mass is 10.0. The summed E-state index contributed by atoms with van der Waals surface area (Å²) in [5.74, 6) is 0.457. The monoisotopic (exact) mass is 412 g/mol. The number of esters is 1. The van der Waals surface area contributed by atoms with Crippen LogP contribution in [0.2, 0.25) is 0 Å². The second kappa shape index (κ2) is 9.05. The van der Waals surface area contributed by atoms with Crippen molar-refractivity contribution in [2.24, 2.45) is 4.99 Å². The third-order valence-electron chi connectivity index (χ3n) is 4.62. The Hall–Kier alpha value is -2.93.